The van der Waals surface area contributed by atoms with E-state index in [1.54, 1.807) is 31.9 Å². The molecule has 0 saturated heterocycles. The minimum absolute atomic E-state index is 0.0579. The van der Waals surface area contributed by atoms with E-state index < -0.39 is 47.0 Å². The summed E-state index contributed by atoms with van der Waals surface area (Å²) in [7, 11) is 1.65. The molecule has 0 bridgehead atoms. The van der Waals surface area contributed by atoms with E-state index in [0.717, 1.165) is 0 Å². The molecule has 0 saturated carbocycles. The number of esters is 1. The van der Waals surface area contributed by atoms with Gasteiger partial charge in [-0.2, -0.15) is 26.3 Å². The third kappa shape index (κ3) is 6.21. The molecule has 6 nitrogen and oxygen atoms in total. The number of rotatable bonds is 5. The Bertz CT molecular complexity index is 1240. The topological polar surface area (TPSA) is 70.7 Å². The van der Waals surface area contributed by atoms with Crippen LogP contribution in [-0.2, 0) is 21.9 Å². The summed E-state index contributed by atoms with van der Waals surface area (Å²) >= 11 is 5.31. The Morgan fingerprint density at radius 2 is 1.65 bits per heavy atom. The normalized spacial score (nSPS) is 16.4. The van der Waals surface area contributed by atoms with Gasteiger partial charge in [0.05, 0.1) is 29.3 Å². The van der Waals surface area contributed by atoms with Crippen molar-refractivity contribution in [2.24, 2.45) is 0 Å². The van der Waals surface area contributed by atoms with E-state index in [2.05, 4.69) is 10.6 Å². The molecule has 0 aromatic heterocycles. The first kappa shape index (κ1) is 28.0. The maximum Gasteiger partial charge on any atom is 0.416 e. The van der Waals surface area contributed by atoms with Gasteiger partial charge in [-0.05, 0) is 62.0 Å². The fourth-order valence-corrected chi connectivity index (χ4v) is 3.90. The van der Waals surface area contributed by atoms with Gasteiger partial charge in [0.15, 0.2) is 5.11 Å². The van der Waals surface area contributed by atoms with Gasteiger partial charge < -0.3 is 20.3 Å². The molecule has 198 valence electrons. The van der Waals surface area contributed by atoms with Crippen LogP contribution < -0.4 is 10.6 Å². The molecule has 1 heterocycles. The van der Waals surface area contributed by atoms with Crippen molar-refractivity contribution >= 4 is 34.9 Å². The van der Waals surface area contributed by atoms with Gasteiger partial charge >= 0.3 is 18.3 Å². The number of allylic oxidation sites excluding steroid dienone is 1. The third-order valence-corrected chi connectivity index (χ3v) is 5.97. The molecule has 0 spiro atoms. The highest BCUT2D eigenvalue weighted by Gasteiger charge is 2.38. The zero-order valence-electron chi connectivity index (χ0n) is 19.7. The van der Waals surface area contributed by atoms with Gasteiger partial charge in [0.1, 0.15) is 0 Å². The van der Waals surface area contributed by atoms with E-state index in [1.165, 1.54) is 18.2 Å². The van der Waals surface area contributed by atoms with Crippen molar-refractivity contribution in [3.8, 4) is 0 Å². The monoisotopic (exact) mass is 545 g/mol. The summed E-state index contributed by atoms with van der Waals surface area (Å²) in [6, 6.07) is 5.77. The first-order valence-corrected chi connectivity index (χ1v) is 11.2. The van der Waals surface area contributed by atoms with Gasteiger partial charge in [0.25, 0.3) is 5.91 Å². The number of amides is 1. The molecule has 37 heavy (non-hydrogen) atoms. The Hall–Kier alpha value is -3.61. The second-order valence-electron chi connectivity index (χ2n) is 8.04. The molecule has 13 heteroatoms. The van der Waals surface area contributed by atoms with Crippen molar-refractivity contribution in [2.75, 3.05) is 19.0 Å². The highest BCUT2D eigenvalue weighted by molar-refractivity contribution is 7.80. The summed E-state index contributed by atoms with van der Waals surface area (Å²) < 4.78 is 84.2. The number of carbonyl (C=O) groups is 2. The summed E-state index contributed by atoms with van der Waals surface area (Å²) in [5.41, 5.74) is -2.76. The maximum absolute atomic E-state index is 13.2. The molecule has 3 rings (SSSR count). The lowest BCUT2D eigenvalue weighted by atomic mass is 9.94. The fourth-order valence-electron chi connectivity index (χ4n) is 3.64. The first-order valence-electron chi connectivity index (χ1n) is 10.8. The average Bonchev–Trinajstić information content (AvgIpc) is 2.81. The van der Waals surface area contributed by atoms with E-state index in [-0.39, 0.29) is 23.9 Å². The predicted octanol–water partition coefficient (Wildman–Crippen LogP) is 5.67. The number of carbonyl (C=O) groups excluding carboxylic acids is 2. The third-order valence-electron chi connectivity index (χ3n) is 5.58. The van der Waals surface area contributed by atoms with Crippen LogP contribution in [0.25, 0.3) is 0 Å². The van der Waals surface area contributed by atoms with Crippen LogP contribution in [0.4, 0.5) is 32.0 Å². The van der Waals surface area contributed by atoms with Crippen LogP contribution in [0.5, 0.6) is 0 Å². The Morgan fingerprint density at radius 1 is 1.05 bits per heavy atom. The second-order valence-corrected chi connectivity index (χ2v) is 8.42. The molecule has 0 radical (unpaired) electrons. The van der Waals surface area contributed by atoms with Gasteiger partial charge in [-0.15, -0.1) is 0 Å². The van der Waals surface area contributed by atoms with Crippen LogP contribution in [0.15, 0.2) is 53.7 Å². The fraction of sp³-hybridized carbons (Fsp3) is 0.292. The van der Waals surface area contributed by atoms with Crippen LogP contribution in [0.1, 0.15) is 46.9 Å². The number of ether oxygens (including phenoxy) is 1. The molecule has 2 aromatic rings. The number of alkyl halides is 6. The van der Waals surface area contributed by atoms with Gasteiger partial charge in [-0.3, -0.25) is 4.79 Å². The molecule has 1 atom stereocenters. The Labute approximate surface area is 213 Å². The first-order chi connectivity index (χ1) is 17.1. The molecular weight excluding hydrogens is 524 g/mol. The predicted molar refractivity (Wildman–Crippen MR) is 126 cm³/mol. The van der Waals surface area contributed by atoms with E-state index in [9.17, 15) is 35.9 Å². The number of hydrogen-bond acceptors (Lipinski definition) is 4. The number of halogens is 6. The number of thiocarbonyl (C=S) groups is 1. The smallest absolute Gasteiger partial charge is 0.416 e. The number of benzene rings is 2. The van der Waals surface area contributed by atoms with Crippen LogP contribution in [0.2, 0.25) is 0 Å². The molecule has 0 aliphatic carbocycles. The van der Waals surface area contributed by atoms with Crippen molar-refractivity contribution in [3.63, 3.8) is 0 Å². The molecule has 0 unspecified atom stereocenters. The van der Waals surface area contributed by atoms with Crippen molar-refractivity contribution in [1.29, 1.82) is 0 Å². The number of hydrogen-bond donors (Lipinski definition) is 2. The highest BCUT2D eigenvalue weighted by Crippen LogP contribution is 2.37. The van der Waals surface area contributed by atoms with Crippen molar-refractivity contribution in [1.82, 2.24) is 10.2 Å². The summed E-state index contributed by atoms with van der Waals surface area (Å²) in [5.74, 6) is -1.79. The van der Waals surface area contributed by atoms with E-state index in [0.29, 0.717) is 28.5 Å². The van der Waals surface area contributed by atoms with Gasteiger partial charge in [-0.1, -0.05) is 12.1 Å². The van der Waals surface area contributed by atoms with E-state index in [1.807, 2.05) is 0 Å². The van der Waals surface area contributed by atoms with Crippen LogP contribution in [0, 0.1) is 0 Å². The van der Waals surface area contributed by atoms with Crippen LogP contribution in [-0.4, -0.2) is 35.5 Å². The number of nitrogens with one attached hydrogen (secondary N) is 2. The number of nitrogens with zero attached hydrogens (tertiary/aromatic N) is 1. The molecule has 2 N–H and O–H groups in total. The van der Waals surface area contributed by atoms with E-state index >= 15 is 0 Å². The second kappa shape index (κ2) is 10.4. The molecule has 0 fully saturated rings. The zero-order valence-corrected chi connectivity index (χ0v) is 20.5. The van der Waals surface area contributed by atoms with Crippen molar-refractivity contribution in [2.45, 2.75) is 32.2 Å². The van der Waals surface area contributed by atoms with Gasteiger partial charge in [0.2, 0.25) is 0 Å². The summed E-state index contributed by atoms with van der Waals surface area (Å²) in [6.07, 6.45) is -10.2. The van der Waals surface area contributed by atoms with E-state index in [4.69, 9.17) is 17.0 Å². The highest BCUT2D eigenvalue weighted by atomic mass is 32.1. The molecule has 1 amide bonds. The Balaban J connectivity index is 1.97. The molecule has 2 aromatic carbocycles. The molecular formula is C24H21F6N3O3S. The summed E-state index contributed by atoms with van der Waals surface area (Å²) in [5, 5.41) is 5.62. The van der Waals surface area contributed by atoms with Gasteiger partial charge in [-0.25, -0.2) is 4.79 Å². The maximum atomic E-state index is 13.2. The zero-order chi connectivity index (χ0) is 27.7. The summed E-state index contributed by atoms with van der Waals surface area (Å²) in [4.78, 5) is 26.9. The quantitative estimate of drug-likeness (QED) is 0.287. The Kier molecular flexibility index (Phi) is 7.86. The van der Waals surface area contributed by atoms with Crippen molar-refractivity contribution in [3.05, 3.63) is 76.0 Å². The lowest BCUT2D eigenvalue weighted by Crippen LogP contribution is -2.46. The largest absolute Gasteiger partial charge is 0.463 e. The van der Waals surface area contributed by atoms with Crippen molar-refractivity contribution < 1.29 is 40.7 Å². The summed E-state index contributed by atoms with van der Waals surface area (Å²) in [6.45, 7) is 3.43. The molecule has 1 aliphatic rings. The number of anilines is 1. The lowest BCUT2D eigenvalue weighted by Gasteiger charge is -2.35. The average molecular weight is 546 g/mol. The molecule has 1 aliphatic heterocycles. The standard InChI is InChI=1S/C24H21F6N3O3S/c1-4-36-21(35)18-12(2)33(3)22(37)32-19(18)13-6-5-7-17(10-13)31-20(34)14-8-15(23(25,26)27)11-16(9-14)24(28,29)30/h5-11,19H,4H2,1-3H3,(H,31,34)(H,32,37)/t19-/m0/s1. The minimum Gasteiger partial charge on any atom is -0.463 e. The van der Waals surface area contributed by atoms with Crippen LogP contribution >= 0.6 is 12.2 Å². The minimum atomic E-state index is -5.10. The van der Waals surface area contributed by atoms with Gasteiger partial charge in [0, 0.05) is 24.0 Å². The lowest BCUT2D eigenvalue weighted by molar-refractivity contribution is -0.143. The SMILES string of the molecule is CCOC(=O)C1=C(C)N(C)C(=S)N[C@H]1c1cccc(NC(=O)c2cc(C(F)(F)F)cc(C(F)(F)F)c2)c1. The van der Waals surface area contributed by atoms with Crippen LogP contribution in [0.3, 0.4) is 0 Å². The Morgan fingerprint density at radius 3 is 2.19 bits per heavy atom.